The van der Waals surface area contributed by atoms with Crippen LogP contribution in [0.15, 0.2) is 131 Å². The van der Waals surface area contributed by atoms with Gasteiger partial charge in [0.25, 0.3) is 0 Å². The number of benzene rings is 4. The van der Waals surface area contributed by atoms with Crippen molar-refractivity contribution >= 4 is 22.6 Å². The van der Waals surface area contributed by atoms with Crippen LogP contribution in [0.4, 0.5) is 0 Å². The molecule has 0 spiro atoms. The molecule has 5 aromatic rings. The number of hydrogen-bond donors (Lipinski definition) is 1. The van der Waals surface area contributed by atoms with Crippen molar-refractivity contribution in [2.75, 3.05) is 0 Å². The Morgan fingerprint density at radius 1 is 0.588 bits per heavy atom. The van der Waals surface area contributed by atoms with E-state index in [0.29, 0.717) is 5.84 Å². The lowest BCUT2D eigenvalue weighted by Crippen LogP contribution is -2.33. The zero-order chi connectivity index (χ0) is 22.7. The van der Waals surface area contributed by atoms with Gasteiger partial charge in [0.2, 0.25) is 0 Å². The topological polar surface area (TPSA) is 49.6 Å². The number of para-hydroxylation sites is 1. The van der Waals surface area contributed by atoms with E-state index in [4.69, 9.17) is 9.98 Å². The summed E-state index contributed by atoms with van der Waals surface area (Å²) in [5, 5.41) is 4.63. The van der Waals surface area contributed by atoms with Crippen LogP contribution in [0.5, 0.6) is 0 Å². The largest absolute Gasteiger partial charge is 0.344 e. The van der Waals surface area contributed by atoms with E-state index in [9.17, 15) is 0 Å². The number of hydrogen-bond acceptors (Lipinski definition) is 4. The van der Waals surface area contributed by atoms with Gasteiger partial charge in [-0.15, -0.1) is 0 Å². The smallest absolute Gasteiger partial charge is 0.159 e. The van der Waals surface area contributed by atoms with Gasteiger partial charge in [0.05, 0.1) is 5.52 Å². The maximum absolute atomic E-state index is 4.99. The third-order valence-corrected chi connectivity index (χ3v) is 5.95. The molecule has 1 N–H and O–H groups in total. The van der Waals surface area contributed by atoms with E-state index in [1.54, 1.807) is 0 Å². The molecule has 4 heteroatoms. The first kappa shape index (κ1) is 20.1. The molecule has 2 heterocycles. The molecule has 0 bridgehead atoms. The van der Waals surface area contributed by atoms with Gasteiger partial charge in [0.1, 0.15) is 12.0 Å². The highest BCUT2D eigenvalue weighted by molar-refractivity contribution is 6.13. The monoisotopic (exact) mass is 438 g/mol. The zero-order valence-electron chi connectivity index (χ0n) is 18.5. The van der Waals surface area contributed by atoms with Gasteiger partial charge < -0.3 is 5.32 Å². The van der Waals surface area contributed by atoms with Crippen molar-refractivity contribution in [2.45, 2.75) is 6.17 Å². The van der Waals surface area contributed by atoms with Crippen LogP contribution in [0.25, 0.3) is 22.0 Å². The van der Waals surface area contributed by atoms with Crippen molar-refractivity contribution < 1.29 is 0 Å². The molecule has 1 aliphatic heterocycles. The maximum Gasteiger partial charge on any atom is 0.159 e. The Bertz CT molecular complexity index is 1520. The summed E-state index contributed by atoms with van der Waals surface area (Å²) in [4.78, 5) is 14.5. The molecule has 1 aromatic heterocycles. The van der Waals surface area contributed by atoms with E-state index in [1.807, 2.05) is 60.8 Å². The van der Waals surface area contributed by atoms with E-state index in [0.717, 1.165) is 44.6 Å². The van der Waals surface area contributed by atoms with Crippen molar-refractivity contribution in [1.29, 1.82) is 0 Å². The van der Waals surface area contributed by atoms with Gasteiger partial charge in [-0.1, -0.05) is 97.1 Å². The van der Waals surface area contributed by atoms with Gasteiger partial charge in [-0.05, 0) is 29.3 Å². The Morgan fingerprint density at radius 2 is 1.29 bits per heavy atom. The number of nitrogens with zero attached hydrogens (tertiary/aromatic N) is 3. The highest BCUT2D eigenvalue weighted by Gasteiger charge is 2.21. The average molecular weight is 439 g/mol. The molecule has 34 heavy (non-hydrogen) atoms. The molecule has 162 valence electrons. The third-order valence-electron chi connectivity index (χ3n) is 5.95. The second-order valence-electron chi connectivity index (χ2n) is 8.23. The van der Waals surface area contributed by atoms with Crippen LogP contribution in [0.2, 0.25) is 0 Å². The Labute approximate surface area is 198 Å². The highest BCUT2D eigenvalue weighted by atomic mass is 15.2. The lowest BCUT2D eigenvalue weighted by molar-refractivity contribution is 0.674. The average Bonchev–Trinajstić information content (AvgIpc) is 2.93. The second kappa shape index (κ2) is 8.75. The lowest BCUT2D eigenvalue weighted by Gasteiger charge is -2.23. The number of aromatic nitrogens is 1. The minimum atomic E-state index is -0.213. The molecule has 0 amide bonds. The van der Waals surface area contributed by atoms with Crippen LogP contribution in [0, 0.1) is 0 Å². The van der Waals surface area contributed by atoms with Crippen LogP contribution in [-0.2, 0) is 0 Å². The van der Waals surface area contributed by atoms with Crippen LogP contribution >= 0.6 is 0 Å². The van der Waals surface area contributed by atoms with Crippen molar-refractivity contribution in [1.82, 2.24) is 10.3 Å². The van der Waals surface area contributed by atoms with Gasteiger partial charge in [0, 0.05) is 28.3 Å². The van der Waals surface area contributed by atoms with Crippen LogP contribution in [0.3, 0.4) is 0 Å². The predicted molar refractivity (Wildman–Crippen MR) is 139 cm³/mol. The third kappa shape index (κ3) is 3.97. The maximum atomic E-state index is 4.99. The van der Waals surface area contributed by atoms with Gasteiger partial charge in [0.15, 0.2) is 5.84 Å². The molecule has 1 aliphatic rings. The van der Waals surface area contributed by atoms with E-state index in [2.05, 4.69) is 71.0 Å². The summed E-state index contributed by atoms with van der Waals surface area (Å²) in [6.45, 7) is 0. The molecule has 4 nitrogen and oxygen atoms in total. The van der Waals surface area contributed by atoms with Crippen molar-refractivity contribution in [3.63, 3.8) is 0 Å². The highest BCUT2D eigenvalue weighted by Crippen LogP contribution is 2.26. The first-order chi connectivity index (χ1) is 16.8. The number of fused-ring (bicyclic) bond motifs is 1. The fraction of sp³-hybridized carbons (Fsp3) is 0.0333. The molecule has 0 fully saturated rings. The Balaban J connectivity index is 1.43. The van der Waals surface area contributed by atoms with Crippen molar-refractivity contribution in [2.24, 2.45) is 9.98 Å². The van der Waals surface area contributed by atoms with Crippen molar-refractivity contribution in [3.05, 3.63) is 138 Å². The van der Waals surface area contributed by atoms with Crippen molar-refractivity contribution in [3.8, 4) is 11.1 Å². The molecule has 1 atom stereocenters. The summed E-state index contributed by atoms with van der Waals surface area (Å²) in [5.41, 5.74) is 6.25. The molecule has 6 rings (SSSR count). The van der Waals surface area contributed by atoms with Gasteiger partial charge in [-0.3, -0.25) is 4.98 Å². The Kier molecular flexibility index (Phi) is 5.17. The predicted octanol–water partition coefficient (Wildman–Crippen LogP) is 6.40. The fourth-order valence-corrected chi connectivity index (χ4v) is 4.19. The molecule has 1 unspecified atom stereocenters. The first-order valence-corrected chi connectivity index (χ1v) is 11.3. The molecule has 0 radical (unpaired) electrons. The molecule has 0 saturated carbocycles. The summed E-state index contributed by atoms with van der Waals surface area (Å²) in [6.07, 6.45) is 1.71. The Hall–Kier alpha value is -4.57. The summed E-state index contributed by atoms with van der Waals surface area (Å²) >= 11 is 0. The quantitative estimate of drug-likeness (QED) is 0.353. The standard InChI is InChI=1S/C30H22N4/c1-3-10-21(11-4-1)28-32-29(22-12-5-2-6-13-22)34-30(33-28)25-16-9-15-23(18-25)26-19-24-14-7-8-17-27(24)31-20-26/h1-20,28H,(H,32,33,34). The molecule has 0 saturated heterocycles. The normalized spacial score (nSPS) is 15.4. The number of rotatable bonds is 4. The van der Waals surface area contributed by atoms with Gasteiger partial charge >= 0.3 is 0 Å². The molecular formula is C30H22N4. The minimum Gasteiger partial charge on any atom is -0.344 e. The summed E-state index contributed by atoms with van der Waals surface area (Å²) in [5.74, 6) is 1.53. The SMILES string of the molecule is c1ccc(C2=NC(c3cccc(-c4cnc5ccccc5c4)c3)=NC(c3ccccc3)N2)cc1. The van der Waals surface area contributed by atoms with Crippen LogP contribution in [0.1, 0.15) is 22.9 Å². The summed E-state index contributed by atoms with van der Waals surface area (Å²) in [7, 11) is 0. The van der Waals surface area contributed by atoms with Gasteiger partial charge in [-0.25, -0.2) is 9.98 Å². The first-order valence-electron chi connectivity index (χ1n) is 11.3. The van der Waals surface area contributed by atoms with Crippen LogP contribution < -0.4 is 5.32 Å². The van der Waals surface area contributed by atoms with E-state index >= 15 is 0 Å². The van der Waals surface area contributed by atoms with E-state index < -0.39 is 0 Å². The number of nitrogens with one attached hydrogen (secondary N) is 1. The number of amidine groups is 2. The van der Waals surface area contributed by atoms with E-state index in [1.165, 1.54) is 0 Å². The Morgan fingerprint density at radius 3 is 2.15 bits per heavy atom. The fourth-order valence-electron chi connectivity index (χ4n) is 4.19. The lowest BCUT2D eigenvalue weighted by atomic mass is 10.0. The summed E-state index contributed by atoms with van der Waals surface area (Å²) in [6, 6.07) is 39.2. The second-order valence-corrected chi connectivity index (χ2v) is 8.23. The molecule has 4 aromatic carbocycles. The zero-order valence-corrected chi connectivity index (χ0v) is 18.5. The van der Waals surface area contributed by atoms with E-state index in [-0.39, 0.29) is 6.17 Å². The number of pyridine rings is 1. The van der Waals surface area contributed by atoms with Gasteiger partial charge in [-0.2, -0.15) is 0 Å². The minimum absolute atomic E-state index is 0.213. The summed E-state index contributed by atoms with van der Waals surface area (Å²) < 4.78 is 0. The molecule has 0 aliphatic carbocycles. The molecular weight excluding hydrogens is 416 g/mol. The number of aliphatic imine (C=N–C) groups is 2. The van der Waals surface area contributed by atoms with Crippen LogP contribution in [-0.4, -0.2) is 16.7 Å².